The van der Waals surface area contributed by atoms with Crippen molar-refractivity contribution in [2.45, 2.75) is 30.8 Å². The molecule has 0 saturated carbocycles. The monoisotopic (exact) mass is 417 g/mol. The summed E-state index contributed by atoms with van der Waals surface area (Å²) in [6.07, 6.45) is 0. The van der Waals surface area contributed by atoms with Crippen LogP contribution in [0.3, 0.4) is 0 Å². The van der Waals surface area contributed by atoms with Crippen LogP contribution < -0.4 is 9.13 Å². The van der Waals surface area contributed by atoms with E-state index in [1.165, 1.54) is 11.5 Å². The number of benzene rings is 2. The van der Waals surface area contributed by atoms with Gasteiger partial charge >= 0.3 is 157 Å². The number of carboxylic acid groups (broad SMARTS) is 1. The summed E-state index contributed by atoms with van der Waals surface area (Å²) in [4.78, 5) is 16.1. The number of aryl methyl sites for hydroxylation is 1. The Morgan fingerprint density at radius 2 is 1.85 bits per heavy atom. The molecule has 0 aliphatic heterocycles. The molecule has 0 saturated heterocycles. The van der Waals surface area contributed by atoms with E-state index in [1.807, 2.05) is 25.1 Å². The molecule has 2 rings (SSSR count). The second kappa shape index (κ2) is 8.40. The quantitative estimate of drug-likeness (QED) is 0.426. The number of hydrogen-bond donors (Lipinski definition) is 1. The van der Waals surface area contributed by atoms with Gasteiger partial charge in [0, 0.05) is 0 Å². The molecule has 0 aliphatic carbocycles. The zero-order valence-corrected chi connectivity index (χ0v) is 18.0. The normalized spacial score (nSPS) is 12.0. The van der Waals surface area contributed by atoms with Crippen molar-refractivity contribution in [3.05, 3.63) is 59.2 Å². The van der Waals surface area contributed by atoms with E-state index in [2.05, 4.69) is 39.4 Å². The molecule has 5 nitrogen and oxygen atoms in total. The molecular weight excluding hydrogens is 391 g/mol. The van der Waals surface area contributed by atoms with Crippen LogP contribution in [0.5, 0.6) is 5.75 Å². The SMILES string of the molecule is CO/N=C(\C(=O)O)c1ccccc1COc1cc[c]([Ge]([CH3])([CH3])[CH3])cc1C. The van der Waals surface area contributed by atoms with Crippen molar-refractivity contribution in [3.63, 3.8) is 0 Å². The fourth-order valence-electron chi connectivity index (χ4n) is 2.61. The molecule has 0 radical (unpaired) electrons. The zero-order valence-electron chi connectivity index (χ0n) is 15.9. The molecule has 2 aromatic rings. The molecular formula is C20H25GeNO4. The fraction of sp³-hybridized carbons (Fsp3) is 0.300. The Labute approximate surface area is 157 Å². The molecule has 2 aromatic carbocycles. The van der Waals surface area contributed by atoms with Gasteiger partial charge in [0.25, 0.3) is 0 Å². The number of aliphatic carboxylic acids is 1. The molecule has 26 heavy (non-hydrogen) atoms. The van der Waals surface area contributed by atoms with E-state index in [1.54, 1.807) is 12.1 Å². The van der Waals surface area contributed by atoms with E-state index in [9.17, 15) is 9.90 Å². The molecule has 1 N–H and O–H groups in total. The zero-order chi connectivity index (χ0) is 19.3. The van der Waals surface area contributed by atoms with E-state index in [-0.39, 0.29) is 12.3 Å². The van der Waals surface area contributed by atoms with Gasteiger partial charge in [0.15, 0.2) is 0 Å². The van der Waals surface area contributed by atoms with Crippen LogP contribution in [0, 0.1) is 6.92 Å². The first kappa shape index (κ1) is 20.0. The molecule has 0 heterocycles. The number of oxime groups is 1. The van der Waals surface area contributed by atoms with Crippen LogP contribution in [0.1, 0.15) is 16.7 Å². The molecule has 6 heteroatoms. The van der Waals surface area contributed by atoms with Gasteiger partial charge in [-0.2, -0.15) is 0 Å². The van der Waals surface area contributed by atoms with Gasteiger partial charge in [0.2, 0.25) is 0 Å². The average Bonchev–Trinajstić information content (AvgIpc) is 2.58. The van der Waals surface area contributed by atoms with Crippen molar-refractivity contribution in [1.29, 1.82) is 0 Å². The molecule has 0 aliphatic rings. The van der Waals surface area contributed by atoms with E-state index >= 15 is 0 Å². The Morgan fingerprint density at radius 1 is 1.15 bits per heavy atom. The Balaban J connectivity index is 2.26. The predicted molar refractivity (Wildman–Crippen MR) is 106 cm³/mol. The Kier molecular flexibility index (Phi) is 6.48. The number of carbonyl (C=O) groups is 1. The molecule has 0 unspecified atom stereocenters. The van der Waals surface area contributed by atoms with Crippen LogP contribution in [0.4, 0.5) is 0 Å². The minimum absolute atomic E-state index is 0.139. The van der Waals surface area contributed by atoms with Gasteiger partial charge in [-0.1, -0.05) is 0 Å². The van der Waals surface area contributed by atoms with Crippen LogP contribution in [0.15, 0.2) is 47.6 Å². The van der Waals surface area contributed by atoms with E-state index < -0.39 is 19.2 Å². The van der Waals surface area contributed by atoms with Gasteiger partial charge in [-0.3, -0.25) is 0 Å². The summed E-state index contributed by atoms with van der Waals surface area (Å²) < 4.78 is 7.40. The fourth-order valence-corrected chi connectivity index (χ4v) is 5.19. The van der Waals surface area contributed by atoms with Crippen molar-refractivity contribution < 1.29 is 19.5 Å². The Bertz CT molecular complexity index is 825. The summed E-state index contributed by atoms with van der Waals surface area (Å²) in [5.74, 6) is 6.73. The summed E-state index contributed by atoms with van der Waals surface area (Å²) in [6, 6.07) is 13.5. The maximum atomic E-state index is 11.5. The van der Waals surface area contributed by atoms with Gasteiger partial charge in [0.1, 0.15) is 0 Å². The molecule has 0 bridgehead atoms. The van der Waals surface area contributed by atoms with Crippen molar-refractivity contribution in [1.82, 2.24) is 0 Å². The number of ether oxygens (including phenoxy) is 1. The van der Waals surface area contributed by atoms with Crippen LogP contribution in [-0.2, 0) is 16.2 Å². The van der Waals surface area contributed by atoms with E-state index in [4.69, 9.17) is 4.74 Å². The average molecular weight is 416 g/mol. The molecule has 138 valence electrons. The van der Waals surface area contributed by atoms with E-state index in [0.29, 0.717) is 5.56 Å². The number of hydrogen-bond acceptors (Lipinski definition) is 4. The molecule has 0 spiro atoms. The van der Waals surface area contributed by atoms with Crippen LogP contribution in [0.25, 0.3) is 0 Å². The van der Waals surface area contributed by atoms with Gasteiger partial charge < -0.3 is 0 Å². The predicted octanol–water partition coefficient (Wildman–Crippen LogP) is 3.55. The third-order valence-electron chi connectivity index (χ3n) is 4.08. The van der Waals surface area contributed by atoms with Crippen LogP contribution >= 0.6 is 0 Å². The van der Waals surface area contributed by atoms with Crippen molar-refractivity contribution in [2.75, 3.05) is 7.11 Å². The number of carboxylic acids is 1. The summed E-state index contributed by atoms with van der Waals surface area (Å²) in [7, 11) is 1.33. The standard InChI is InChI=1S/C20H25GeNO4/c1-14-12-16(21(2,3)4)10-11-18(14)26-13-15-8-6-7-9-17(15)19(20(23)24)22-25-5/h6-12H,13H2,1-5H3,(H,23,24)/b22-19-. The first-order valence-electron chi connectivity index (χ1n) is 8.40. The van der Waals surface area contributed by atoms with Crippen molar-refractivity contribution >= 4 is 29.3 Å². The summed E-state index contributed by atoms with van der Waals surface area (Å²) in [6.45, 7) is 2.29. The minimum atomic E-state index is -1.88. The summed E-state index contributed by atoms with van der Waals surface area (Å²) in [5, 5.41) is 13.0. The third-order valence-corrected chi connectivity index (χ3v) is 8.37. The molecule has 0 atom stereocenters. The molecule has 0 aromatic heterocycles. The third kappa shape index (κ3) is 4.88. The van der Waals surface area contributed by atoms with Gasteiger partial charge in [0.05, 0.1) is 0 Å². The van der Waals surface area contributed by atoms with Crippen LogP contribution in [0.2, 0.25) is 17.3 Å². The first-order valence-corrected chi connectivity index (χ1v) is 15.7. The first-order chi connectivity index (χ1) is 12.2. The number of nitrogens with zero attached hydrogens (tertiary/aromatic N) is 1. The second-order valence-electron chi connectivity index (χ2n) is 7.10. The van der Waals surface area contributed by atoms with Crippen molar-refractivity contribution in [2.24, 2.45) is 5.16 Å². The van der Waals surface area contributed by atoms with Gasteiger partial charge in [-0.05, 0) is 0 Å². The van der Waals surface area contributed by atoms with Gasteiger partial charge in [-0.25, -0.2) is 0 Å². The molecule has 0 amide bonds. The van der Waals surface area contributed by atoms with Crippen molar-refractivity contribution in [3.8, 4) is 5.75 Å². The topological polar surface area (TPSA) is 68.1 Å². The van der Waals surface area contributed by atoms with E-state index in [0.717, 1.165) is 16.9 Å². The Morgan fingerprint density at radius 3 is 2.42 bits per heavy atom. The van der Waals surface area contributed by atoms with Gasteiger partial charge in [-0.15, -0.1) is 0 Å². The maximum absolute atomic E-state index is 11.5. The summed E-state index contributed by atoms with van der Waals surface area (Å²) >= 11 is -1.88. The Hall–Kier alpha value is -2.28. The second-order valence-corrected chi connectivity index (χ2v) is 17.8. The number of rotatable bonds is 7. The summed E-state index contributed by atoms with van der Waals surface area (Å²) in [5.41, 5.74) is 2.17. The van der Waals surface area contributed by atoms with Crippen LogP contribution in [-0.4, -0.2) is 37.2 Å². The molecule has 0 fully saturated rings.